The first-order valence-electron chi connectivity index (χ1n) is 9.74. The van der Waals surface area contributed by atoms with E-state index in [0.29, 0.717) is 22.6 Å². The van der Waals surface area contributed by atoms with Crippen molar-refractivity contribution >= 4 is 22.9 Å². The first-order chi connectivity index (χ1) is 13.3. The minimum atomic E-state index is -0.562. The Morgan fingerprint density at radius 1 is 1.07 bits per heavy atom. The Balaban J connectivity index is 1.83. The number of fused-ring (bicyclic) bond motifs is 2. The number of nitrogens with one attached hydrogen (secondary N) is 1. The molecule has 0 spiro atoms. The molecule has 2 heterocycles. The molecule has 0 aliphatic carbocycles. The van der Waals surface area contributed by atoms with Gasteiger partial charge in [-0.1, -0.05) is 26.0 Å². The van der Waals surface area contributed by atoms with Crippen molar-refractivity contribution in [1.82, 2.24) is 4.90 Å². The lowest BCUT2D eigenvalue weighted by molar-refractivity contribution is -0.110. The van der Waals surface area contributed by atoms with Crippen LogP contribution in [-0.2, 0) is 21.7 Å². The van der Waals surface area contributed by atoms with Gasteiger partial charge in [-0.2, -0.15) is 0 Å². The average molecular weight is 380 g/mol. The fraction of sp³-hybridized carbons (Fsp3) is 0.348. The first-order valence-corrected chi connectivity index (χ1v) is 9.74. The van der Waals surface area contributed by atoms with Crippen LogP contribution in [-0.4, -0.2) is 23.9 Å². The molecule has 146 valence electrons. The van der Waals surface area contributed by atoms with E-state index in [9.17, 15) is 9.18 Å². The van der Waals surface area contributed by atoms with E-state index < -0.39 is 5.60 Å². The molecule has 0 saturated heterocycles. The highest BCUT2D eigenvalue weighted by atomic mass is 19.1. The predicted octanol–water partition coefficient (Wildman–Crippen LogP) is 4.75. The Morgan fingerprint density at radius 2 is 1.82 bits per heavy atom. The second kappa shape index (κ2) is 6.74. The summed E-state index contributed by atoms with van der Waals surface area (Å²) in [5.74, 6) is -0.108. The van der Waals surface area contributed by atoms with Crippen molar-refractivity contribution < 1.29 is 13.9 Å². The second-order valence-corrected chi connectivity index (χ2v) is 7.80. The Kier molecular flexibility index (Phi) is 4.50. The van der Waals surface area contributed by atoms with Crippen LogP contribution in [0.25, 0.3) is 11.3 Å². The summed E-state index contributed by atoms with van der Waals surface area (Å²) in [5.41, 5.74) is 4.17. The van der Waals surface area contributed by atoms with Crippen LogP contribution < -0.4 is 5.32 Å². The van der Waals surface area contributed by atoms with E-state index in [1.165, 1.54) is 17.7 Å². The lowest BCUT2D eigenvalue weighted by atomic mass is 9.92. The van der Waals surface area contributed by atoms with Crippen molar-refractivity contribution in [3.63, 3.8) is 0 Å². The fourth-order valence-corrected chi connectivity index (χ4v) is 4.01. The molecule has 0 atom stereocenters. The van der Waals surface area contributed by atoms with Gasteiger partial charge in [-0.15, -0.1) is 0 Å². The number of halogens is 1. The number of rotatable bonds is 4. The molecule has 0 saturated carbocycles. The Labute approximate surface area is 165 Å². The molecule has 2 aromatic rings. The summed E-state index contributed by atoms with van der Waals surface area (Å²) in [4.78, 5) is 15.0. The maximum absolute atomic E-state index is 13.8. The summed E-state index contributed by atoms with van der Waals surface area (Å²) in [6.45, 7) is 11.2. The number of benzene rings is 2. The summed E-state index contributed by atoms with van der Waals surface area (Å²) < 4.78 is 20.1. The zero-order valence-electron chi connectivity index (χ0n) is 16.7. The number of ether oxygens (including phenoxy) is 1. The minimum Gasteiger partial charge on any atom is -0.482 e. The van der Waals surface area contributed by atoms with Gasteiger partial charge in [-0.25, -0.2) is 4.39 Å². The second-order valence-electron chi connectivity index (χ2n) is 7.80. The van der Waals surface area contributed by atoms with Gasteiger partial charge in [0.25, 0.3) is 5.91 Å². The van der Waals surface area contributed by atoms with Crippen LogP contribution in [0, 0.1) is 5.82 Å². The molecular formula is C23H25FN2O2. The summed E-state index contributed by atoms with van der Waals surface area (Å²) in [6.07, 6.45) is 0. The zero-order chi connectivity index (χ0) is 20.1. The molecule has 4 rings (SSSR count). The van der Waals surface area contributed by atoms with Crippen molar-refractivity contribution in [3.8, 4) is 0 Å². The van der Waals surface area contributed by atoms with Gasteiger partial charge in [0, 0.05) is 28.9 Å². The number of anilines is 1. The van der Waals surface area contributed by atoms with E-state index in [4.69, 9.17) is 4.74 Å². The highest BCUT2D eigenvalue weighted by Gasteiger charge is 2.40. The Hall–Kier alpha value is -2.66. The summed E-state index contributed by atoms with van der Waals surface area (Å²) in [6, 6.07) is 10.6. The molecule has 1 N–H and O–H groups in total. The topological polar surface area (TPSA) is 41.6 Å². The van der Waals surface area contributed by atoms with Crippen LogP contribution in [0.4, 0.5) is 10.1 Å². The number of nitrogens with zero attached hydrogens (tertiary/aromatic N) is 1. The van der Waals surface area contributed by atoms with E-state index in [1.54, 1.807) is 6.07 Å². The SMILES string of the molecule is CCN(CC)Cc1ccc2c(c1)C(C)(C)O/C2=C1/C(=O)Nc2ccc(F)cc21. The molecule has 0 unspecified atom stereocenters. The van der Waals surface area contributed by atoms with Gasteiger partial charge in [-0.3, -0.25) is 9.69 Å². The molecule has 2 aliphatic rings. The van der Waals surface area contributed by atoms with Crippen molar-refractivity contribution in [2.45, 2.75) is 39.8 Å². The van der Waals surface area contributed by atoms with Gasteiger partial charge in [0.05, 0.1) is 5.57 Å². The van der Waals surface area contributed by atoms with Crippen LogP contribution in [0.1, 0.15) is 49.9 Å². The molecule has 0 radical (unpaired) electrons. The smallest absolute Gasteiger partial charge is 0.260 e. The molecule has 5 heteroatoms. The van der Waals surface area contributed by atoms with Crippen molar-refractivity contribution in [2.75, 3.05) is 18.4 Å². The average Bonchev–Trinajstić information content (AvgIpc) is 3.12. The van der Waals surface area contributed by atoms with Crippen LogP contribution in [0.5, 0.6) is 0 Å². The van der Waals surface area contributed by atoms with Gasteiger partial charge in [0.1, 0.15) is 17.2 Å². The lowest BCUT2D eigenvalue weighted by Gasteiger charge is -2.21. The number of carbonyl (C=O) groups is 1. The number of hydrogen-bond donors (Lipinski definition) is 1. The molecular weight excluding hydrogens is 355 g/mol. The van der Waals surface area contributed by atoms with Crippen LogP contribution in [0.3, 0.4) is 0 Å². The molecule has 2 aromatic carbocycles. The highest BCUT2D eigenvalue weighted by molar-refractivity contribution is 6.36. The van der Waals surface area contributed by atoms with E-state index in [2.05, 4.69) is 36.2 Å². The highest BCUT2D eigenvalue weighted by Crippen LogP contribution is 2.48. The van der Waals surface area contributed by atoms with E-state index in [1.807, 2.05) is 19.9 Å². The largest absolute Gasteiger partial charge is 0.482 e. The third kappa shape index (κ3) is 3.00. The molecule has 4 nitrogen and oxygen atoms in total. The van der Waals surface area contributed by atoms with Crippen LogP contribution in [0.15, 0.2) is 36.4 Å². The third-order valence-corrected chi connectivity index (χ3v) is 5.59. The minimum absolute atomic E-state index is 0.258. The quantitative estimate of drug-likeness (QED) is 0.778. The summed E-state index contributed by atoms with van der Waals surface area (Å²) >= 11 is 0. The molecule has 0 fully saturated rings. The molecule has 0 bridgehead atoms. The van der Waals surface area contributed by atoms with Crippen LogP contribution in [0.2, 0.25) is 0 Å². The molecule has 2 aliphatic heterocycles. The molecule has 1 amide bonds. The van der Waals surface area contributed by atoms with Crippen LogP contribution >= 0.6 is 0 Å². The molecule has 0 aromatic heterocycles. The van der Waals surface area contributed by atoms with Gasteiger partial charge in [0.2, 0.25) is 0 Å². The van der Waals surface area contributed by atoms with E-state index in [0.717, 1.165) is 30.8 Å². The molecule has 28 heavy (non-hydrogen) atoms. The third-order valence-electron chi connectivity index (χ3n) is 5.59. The summed E-state index contributed by atoms with van der Waals surface area (Å²) in [5, 5.41) is 2.81. The lowest BCUT2D eigenvalue weighted by Crippen LogP contribution is -2.22. The summed E-state index contributed by atoms with van der Waals surface area (Å²) in [7, 11) is 0. The van der Waals surface area contributed by atoms with E-state index in [-0.39, 0.29) is 11.7 Å². The zero-order valence-corrected chi connectivity index (χ0v) is 16.7. The normalized spacial score (nSPS) is 19.4. The van der Waals surface area contributed by atoms with Gasteiger partial charge in [-0.05, 0) is 56.8 Å². The Bertz CT molecular complexity index is 990. The Morgan fingerprint density at radius 3 is 2.54 bits per heavy atom. The van der Waals surface area contributed by atoms with Crippen molar-refractivity contribution in [3.05, 3.63) is 64.5 Å². The van der Waals surface area contributed by atoms with Gasteiger partial charge >= 0.3 is 0 Å². The maximum Gasteiger partial charge on any atom is 0.260 e. The maximum atomic E-state index is 13.8. The number of carbonyl (C=O) groups excluding carboxylic acids is 1. The monoisotopic (exact) mass is 380 g/mol. The van der Waals surface area contributed by atoms with Crippen molar-refractivity contribution in [1.29, 1.82) is 0 Å². The van der Waals surface area contributed by atoms with Crippen molar-refractivity contribution in [2.24, 2.45) is 0 Å². The fourth-order valence-electron chi connectivity index (χ4n) is 4.01. The standard InChI is InChI=1S/C23H25FN2O2/c1-5-26(6-2)13-14-7-9-16-18(11-14)23(3,4)28-21(16)20-17-12-15(24)8-10-19(17)25-22(20)27/h7-12H,5-6,13H2,1-4H3,(H,25,27)/b21-20+. The van der Waals surface area contributed by atoms with Gasteiger partial charge < -0.3 is 10.1 Å². The number of hydrogen-bond acceptors (Lipinski definition) is 3. The predicted molar refractivity (Wildman–Crippen MR) is 109 cm³/mol. The van der Waals surface area contributed by atoms with Gasteiger partial charge in [0.15, 0.2) is 0 Å². The van der Waals surface area contributed by atoms with E-state index >= 15 is 0 Å². The number of amides is 1. The first kappa shape index (κ1) is 18.7.